The molecule has 1 aliphatic heterocycles. The van der Waals surface area contributed by atoms with Crippen LogP contribution in [0.2, 0.25) is 0 Å². The van der Waals surface area contributed by atoms with Gasteiger partial charge in [0.1, 0.15) is 11.4 Å². The minimum atomic E-state index is -3.43. The fraction of sp³-hybridized carbons (Fsp3) is 0.588. The van der Waals surface area contributed by atoms with Gasteiger partial charge in [0.05, 0.1) is 16.8 Å². The predicted octanol–water partition coefficient (Wildman–Crippen LogP) is 3.06. The van der Waals surface area contributed by atoms with Crippen molar-refractivity contribution in [1.29, 1.82) is 0 Å². The van der Waals surface area contributed by atoms with Crippen LogP contribution in [-0.2, 0) is 21.2 Å². The van der Waals surface area contributed by atoms with Gasteiger partial charge in [-0.2, -0.15) is 0 Å². The topological polar surface area (TPSA) is 75.7 Å². The first kappa shape index (κ1) is 21.1. The van der Waals surface area contributed by atoms with Gasteiger partial charge in [-0.05, 0) is 67.2 Å². The standard InChI is InChI=1S/C17H24BrFN2O4S/c1-17(2,3)25-16(22)21-8-7-14(20-26(4,23)24)15(21)10-11-5-6-13(19)12(18)9-11/h5-6,9,14-15,20H,7-8,10H2,1-4H3/t14-,15-/m1/s1. The number of hydrogen-bond acceptors (Lipinski definition) is 4. The Kier molecular flexibility index (Phi) is 6.35. The second-order valence-electron chi connectivity index (χ2n) is 7.48. The number of rotatable bonds is 4. The van der Waals surface area contributed by atoms with Gasteiger partial charge in [0.15, 0.2) is 0 Å². The van der Waals surface area contributed by atoms with Gasteiger partial charge in [-0.25, -0.2) is 22.3 Å². The van der Waals surface area contributed by atoms with Crippen LogP contribution in [-0.4, -0.2) is 49.9 Å². The smallest absolute Gasteiger partial charge is 0.410 e. The molecule has 0 aliphatic carbocycles. The molecule has 1 N–H and O–H groups in total. The molecule has 0 aromatic heterocycles. The summed E-state index contributed by atoms with van der Waals surface area (Å²) in [6, 6.07) is 3.76. The molecule has 9 heteroatoms. The maximum atomic E-state index is 13.5. The van der Waals surface area contributed by atoms with Crippen molar-refractivity contribution in [2.75, 3.05) is 12.8 Å². The maximum Gasteiger partial charge on any atom is 0.410 e. The zero-order chi connectivity index (χ0) is 19.7. The number of halogens is 2. The van der Waals surface area contributed by atoms with Crippen molar-refractivity contribution >= 4 is 32.0 Å². The first-order valence-electron chi connectivity index (χ1n) is 8.26. The summed E-state index contributed by atoms with van der Waals surface area (Å²) in [7, 11) is -3.43. The van der Waals surface area contributed by atoms with E-state index in [1.807, 2.05) is 0 Å². The molecule has 1 aromatic rings. The van der Waals surface area contributed by atoms with E-state index in [1.165, 1.54) is 6.07 Å². The van der Waals surface area contributed by atoms with Crippen molar-refractivity contribution in [2.24, 2.45) is 0 Å². The third-order valence-corrected chi connectivity index (χ3v) is 5.31. The largest absolute Gasteiger partial charge is 0.444 e. The molecule has 0 bridgehead atoms. The van der Waals surface area contributed by atoms with E-state index in [2.05, 4.69) is 20.7 Å². The van der Waals surface area contributed by atoms with Crippen LogP contribution in [0.4, 0.5) is 9.18 Å². The van der Waals surface area contributed by atoms with Crippen LogP contribution in [0.3, 0.4) is 0 Å². The lowest BCUT2D eigenvalue weighted by Crippen LogP contribution is -2.48. The summed E-state index contributed by atoms with van der Waals surface area (Å²) >= 11 is 3.15. The van der Waals surface area contributed by atoms with Crippen molar-refractivity contribution < 1.29 is 22.3 Å². The highest BCUT2D eigenvalue weighted by molar-refractivity contribution is 9.10. The molecule has 1 amide bonds. The average molecular weight is 451 g/mol. The molecular formula is C17H24BrFN2O4S. The summed E-state index contributed by atoms with van der Waals surface area (Å²) < 4.78 is 45.2. The molecule has 0 spiro atoms. The zero-order valence-electron chi connectivity index (χ0n) is 15.3. The second-order valence-corrected chi connectivity index (χ2v) is 10.1. The molecule has 0 radical (unpaired) electrons. The van der Waals surface area contributed by atoms with Gasteiger partial charge in [0.2, 0.25) is 10.0 Å². The number of nitrogens with one attached hydrogen (secondary N) is 1. The van der Waals surface area contributed by atoms with E-state index in [9.17, 15) is 17.6 Å². The third-order valence-electron chi connectivity index (χ3n) is 3.97. The van der Waals surface area contributed by atoms with Crippen molar-refractivity contribution in [3.63, 3.8) is 0 Å². The van der Waals surface area contributed by atoms with E-state index in [0.717, 1.165) is 11.8 Å². The molecule has 1 aliphatic rings. The lowest BCUT2D eigenvalue weighted by Gasteiger charge is -2.31. The molecule has 146 valence electrons. The zero-order valence-corrected chi connectivity index (χ0v) is 17.7. The summed E-state index contributed by atoms with van der Waals surface area (Å²) in [5.74, 6) is -0.380. The monoisotopic (exact) mass is 450 g/mol. The molecule has 0 saturated carbocycles. The number of benzene rings is 1. The number of sulfonamides is 1. The average Bonchev–Trinajstić information content (AvgIpc) is 2.82. The Morgan fingerprint density at radius 2 is 2.08 bits per heavy atom. The number of likely N-dealkylation sites (tertiary alicyclic amines) is 1. The van der Waals surface area contributed by atoms with Gasteiger partial charge in [-0.15, -0.1) is 0 Å². The first-order chi connectivity index (χ1) is 11.9. The van der Waals surface area contributed by atoms with E-state index in [-0.39, 0.29) is 5.82 Å². The molecule has 0 unspecified atom stereocenters. The molecule has 1 aromatic carbocycles. The molecule has 26 heavy (non-hydrogen) atoms. The number of carbonyl (C=O) groups excluding carboxylic acids is 1. The maximum absolute atomic E-state index is 13.5. The van der Waals surface area contributed by atoms with Gasteiger partial charge < -0.3 is 9.64 Å². The fourth-order valence-corrected chi connectivity index (χ4v) is 4.22. The van der Waals surface area contributed by atoms with E-state index in [1.54, 1.807) is 37.8 Å². The van der Waals surface area contributed by atoms with Crippen LogP contribution >= 0.6 is 15.9 Å². The molecule has 2 atom stereocenters. The van der Waals surface area contributed by atoms with Crippen LogP contribution in [0.25, 0.3) is 0 Å². The van der Waals surface area contributed by atoms with E-state index in [0.29, 0.717) is 23.9 Å². The molecule has 2 rings (SSSR count). The predicted molar refractivity (Wildman–Crippen MR) is 101 cm³/mol. The minimum Gasteiger partial charge on any atom is -0.444 e. The number of ether oxygens (including phenoxy) is 1. The molecule has 1 heterocycles. The van der Waals surface area contributed by atoms with Crippen LogP contribution in [0.15, 0.2) is 22.7 Å². The molecule has 1 fully saturated rings. The molecule has 1 saturated heterocycles. The van der Waals surface area contributed by atoms with E-state index < -0.39 is 33.8 Å². The Balaban J connectivity index is 2.26. The number of nitrogens with zero attached hydrogens (tertiary/aromatic N) is 1. The third kappa shape index (κ3) is 5.92. The highest BCUT2D eigenvalue weighted by Gasteiger charge is 2.40. The van der Waals surface area contributed by atoms with E-state index in [4.69, 9.17) is 4.74 Å². The number of amides is 1. The Morgan fingerprint density at radius 1 is 1.42 bits per heavy atom. The van der Waals surface area contributed by atoms with Crippen LogP contribution < -0.4 is 4.72 Å². The Bertz CT molecular complexity index is 779. The van der Waals surface area contributed by atoms with Gasteiger partial charge in [0, 0.05) is 12.6 Å². The number of hydrogen-bond donors (Lipinski definition) is 1. The summed E-state index contributed by atoms with van der Waals surface area (Å²) in [5, 5.41) is 0. The van der Waals surface area contributed by atoms with Crippen molar-refractivity contribution in [3.05, 3.63) is 34.1 Å². The van der Waals surface area contributed by atoms with Crippen LogP contribution in [0.5, 0.6) is 0 Å². The summed E-state index contributed by atoms with van der Waals surface area (Å²) in [6.07, 6.45) is 1.47. The van der Waals surface area contributed by atoms with Gasteiger partial charge >= 0.3 is 6.09 Å². The highest BCUT2D eigenvalue weighted by atomic mass is 79.9. The van der Waals surface area contributed by atoms with Crippen molar-refractivity contribution in [3.8, 4) is 0 Å². The highest BCUT2D eigenvalue weighted by Crippen LogP contribution is 2.26. The Morgan fingerprint density at radius 3 is 2.62 bits per heavy atom. The fourth-order valence-electron chi connectivity index (χ4n) is 2.97. The van der Waals surface area contributed by atoms with Crippen LogP contribution in [0, 0.1) is 5.82 Å². The van der Waals surface area contributed by atoms with Gasteiger partial charge in [0.25, 0.3) is 0 Å². The number of carbonyl (C=O) groups is 1. The van der Waals surface area contributed by atoms with Gasteiger partial charge in [-0.1, -0.05) is 6.07 Å². The Labute approximate surface area is 162 Å². The SMILES string of the molecule is CC(C)(C)OC(=O)N1CC[C@@H](NS(C)(=O)=O)[C@H]1Cc1ccc(F)c(Br)c1. The second kappa shape index (κ2) is 7.82. The van der Waals surface area contributed by atoms with E-state index >= 15 is 0 Å². The lowest BCUT2D eigenvalue weighted by atomic mass is 10.0. The lowest BCUT2D eigenvalue weighted by molar-refractivity contribution is 0.0218. The van der Waals surface area contributed by atoms with Crippen LogP contribution in [0.1, 0.15) is 32.8 Å². The van der Waals surface area contributed by atoms with Crippen molar-refractivity contribution in [1.82, 2.24) is 9.62 Å². The summed E-state index contributed by atoms with van der Waals surface area (Å²) in [5.41, 5.74) is 0.141. The first-order valence-corrected chi connectivity index (χ1v) is 10.9. The quantitative estimate of drug-likeness (QED) is 0.764. The normalized spacial score (nSPS) is 21.1. The summed E-state index contributed by atoms with van der Waals surface area (Å²) in [4.78, 5) is 14.1. The molecule has 6 nitrogen and oxygen atoms in total. The Hall–Kier alpha value is -1.19. The van der Waals surface area contributed by atoms with Gasteiger partial charge in [-0.3, -0.25) is 0 Å². The minimum absolute atomic E-state index is 0.324. The molecular weight excluding hydrogens is 427 g/mol. The summed E-state index contributed by atoms with van der Waals surface area (Å²) in [6.45, 7) is 5.72. The van der Waals surface area contributed by atoms with Crippen molar-refractivity contribution in [2.45, 2.75) is 51.3 Å².